The Kier molecular flexibility index (Phi) is 6.49. The van der Waals surface area contributed by atoms with E-state index in [-0.39, 0.29) is 68.6 Å². The largest absolute Gasteiger partial charge is 1.00 e. The molecule has 1 aromatic rings. The summed E-state index contributed by atoms with van der Waals surface area (Å²) in [6.45, 7) is -5.01. The SMILES string of the molecule is O=[N+]([O-])c1cccc(/C=C/[B-](F)(F)F)c1.[K+]. The van der Waals surface area contributed by atoms with Crippen LogP contribution in [0.5, 0.6) is 0 Å². The van der Waals surface area contributed by atoms with E-state index in [2.05, 4.69) is 0 Å². The Morgan fingerprint density at radius 2 is 1.94 bits per heavy atom. The number of benzene rings is 1. The Morgan fingerprint density at radius 3 is 2.44 bits per heavy atom. The van der Waals surface area contributed by atoms with Crippen LogP contribution >= 0.6 is 0 Å². The monoisotopic (exact) mass is 255 g/mol. The smallest absolute Gasteiger partial charge is 0.445 e. The number of rotatable bonds is 3. The van der Waals surface area contributed by atoms with Crippen LogP contribution in [-0.4, -0.2) is 11.9 Å². The zero-order chi connectivity index (χ0) is 11.5. The number of hydrogen-bond donors (Lipinski definition) is 0. The third-order valence-corrected chi connectivity index (χ3v) is 1.59. The van der Waals surface area contributed by atoms with E-state index in [4.69, 9.17) is 0 Å². The van der Waals surface area contributed by atoms with Crippen LogP contribution in [0.2, 0.25) is 0 Å². The van der Waals surface area contributed by atoms with E-state index < -0.39 is 11.9 Å². The molecule has 3 nitrogen and oxygen atoms in total. The van der Waals surface area contributed by atoms with Crippen LogP contribution in [0.15, 0.2) is 30.2 Å². The number of nitro benzene ring substituents is 1. The molecule has 8 heteroatoms. The fraction of sp³-hybridized carbons (Fsp3) is 0. The zero-order valence-electron chi connectivity index (χ0n) is 8.44. The molecule has 1 aromatic carbocycles. The standard InChI is InChI=1S/C8H6BF3NO2.K/c10-9(11,12)5-4-7-2-1-3-8(6-7)13(14)15;/h1-6H;/q-1;+1/b5-4+;. The summed E-state index contributed by atoms with van der Waals surface area (Å²) in [5.74, 6) is 0.0963. The summed E-state index contributed by atoms with van der Waals surface area (Å²) in [5.41, 5.74) is -0.0739. The zero-order valence-corrected chi connectivity index (χ0v) is 11.6. The van der Waals surface area contributed by atoms with Gasteiger partial charge in [-0.1, -0.05) is 18.2 Å². The van der Waals surface area contributed by atoms with E-state index in [0.29, 0.717) is 0 Å². The maximum atomic E-state index is 11.8. The molecule has 0 bridgehead atoms. The number of hydrogen-bond acceptors (Lipinski definition) is 2. The predicted octanol–water partition coefficient (Wildman–Crippen LogP) is -0.00140. The third-order valence-electron chi connectivity index (χ3n) is 1.59. The van der Waals surface area contributed by atoms with Crippen LogP contribution in [0.3, 0.4) is 0 Å². The Hall–Kier alpha value is -0.149. The molecule has 0 aliphatic rings. The Balaban J connectivity index is 0.00000225. The molecule has 0 aliphatic heterocycles. The summed E-state index contributed by atoms with van der Waals surface area (Å²) in [6, 6.07) is 5.00. The maximum Gasteiger partial charge on any atom is 1.00 e. The van der Waals surface area contributed by atoms with Gasteiger partial charge in [0.1, 0.15) is 0 Å². The Bertz CT molecular complexity index is 409. The molecular formula is C8H6BF3KNO2. The molecule has 0 fully saturated rings. The van der Waals surface area contributed by atoms with Gasteiger partial charge in [-0.15, -0.1) is 5.98 Å². The van der Waals surface area contributed by atoms with Gasteiger partial charge in [-0.25, -0.2) is 0 Å². The van der Waals surface area contributed by atoms with Crippen molar-refractivity contribution in [3.05, 3.63) is 45.9 Å². The summed E-state index contributed by atoms with van der Waals surface area (Å²) in [7, 11) is 0. The molecule has 0 N–H and O–H groups in total. The quantitative estimate of drug-likeness (QED) is 0.433. The molecule has 0 aliphatic carbocycles. The van der Waals surface area contributed by atoms with Gasteiger partial charge in [-0.05, 0) is 5.56 Å². The van der Waals surface area contributed by atoms with Gasteiger partial charge >= 0.3 is 58.4 Å². The minimum atomic E-state index is -5.01. The molecule has 0 atom stereocenters. The summed E-state index contributed by atoms with van der Waals surface area (Å²) < 4.78 is 35.5. The van der Waals surface area contributed by atoms with Crippen molar-refractivity contribution in [2.75, 3.05) is 0 Å². The molecule has 0 saturated heterocycles. The Labute approximate surface area is 132 Å². The van der Waals surface area contributed by atoms with Gasteiger partial charge < -0.3 is 12.9 Å². The molecular weight excluding hydrogens is 249 g/mol. The molecule has 0 heterocycles. The molecule has 0 amide bonds. The molecule has 0 radical (unpaired) electrons. The molecule has 80 valence electrons. The maximum absolute atomic E-state index is 11.8. The van der Waals surface area contributed by atoms with Crippen molar-refractivity contribution in [1.82, 2.24) is 0 Å². The van der Waals surface area contributed by atoms with Crippen molar-refractivity contribution in [1.29, 1.82) is 0 Å². The summed E-state index contributed by atoms with van der Waals surface area (Å²) in [4.78, 5) is 9.66. The van der Waals surface area contributed by atoms with Gasteiger partial charge in [0.15, 0.2) is 0 Å². The third kappa shape index (κ3) is 5.81. The Morgan fingerprint density at radius 1 is 1.31 bits per heavy atom. The van der Waals surface area contributed by atoms with Crippen LogP contribution in [0.1, 0.15) is 5.56 Å². The summed E-state index contributed by atoms with van der Waals surface area (Å²) in [5, 5.41) is 10.3. The average molecular weight is 255 g/mol. The van der Waals surface area contributed by atoms with Crippen LogP contribution in [-0.2, 0) is 0 Å². The van der Waals surface area contributed by atoms with Crippen molar-refractivity contribution in [2.45, 2.75) is 0 Å². The van der Waals surface area contributed by atoms with Crippen molar-refractivity contribution in [3.8, 4) is 0 Å². The van der Waals surface area contributed by atoms with Gasteiger partial charge in [0.25, 0.3) is 5.69 Å². The fourth-order valence-corrected chi connectivity index (χ4v) is 0.962. The van der Waals surface area contributed by atoms with Gasteiger partial charge in [-0.3, -0.25) is 10.1 Å². The fourth-order valence-electron chi connectivity index (χ4n) is 0.962. The first kappa shape index (κ1) is 15.9. The van der Waals surface area contributed by atoms with Crippen molar-refractivity contribution >= 4 is 18.7 Å². The van der Waals surface area contributed by atoms with E-state index in [1.165, 1.54) is 18.2 Å². The van der Waals surface area contributed by atoms with Crippen LogP contribution in [0.25, 0.3) is 6.08 Å². The van der Waals surface area contributed by atoms with Crippen LogP contribution in [0.4, 0.5) is 18.6 Å². The van der Waals surface area contributed by atoms with E-state index in [0.717, 1.165) is 12.1 Å². The van der Waals surface area contributed by atoms with Gasteiger partial charge in [-0.2, -0.15) is 0 Å². The predicted molar refractivity (Wildman–Crippen MR) is 51.2 cm³/mol. The minimum absolute atomic E-state index is 0. The van der Waals surface area contributed by atoms with E-state index in [1.807, 2.05) is 0 Å². The summed E-state index contributed by atoms with van der Waals surface area (Å²) in [6.07, 6.45) is 0.812. The van der Waals surface area contributed by atoms with E-state index in [1.54, 1.807) is 0 Å². The minimum Gasteiger partial charge on any atom is -0.445 e. The average Bonchev–Trinajstić information content (AvgIpc) is 2.14. The molecule has 0 aromatic heterocycles. The first-order valence-electron chi connectivity index (χ1n) is 4.02. The molecule has 0 unspecified atom stereocenters. The second-order valence-electron chi connectivity index (χ2n) is 2.84. The van der Waals surface area contributed by atoms with Crippen molar-refractivity contribution in [3.63, 3.8) is 0 Å². The van der Waals surface area contributed by atoms with Gasteiger partial charge in [0, 0.05) is 12.1 Å². The first-order valence-corrected chi connectivity index (χ1v) is 4.02. The number of non-ortho nitro benzene ring substituents is 1. The molecule has 0 saturated carbocycles. The molecule has 0 spiro atoms. The number of nitro groups is 1. The van der Waals surface area contributed by atoms with Crippen molar-refractivity contribution < 1.29 is 69.3 Å². The first-order chi connectivity index (χ1) is 6.88. The normalized spacial score (nSPS) is 11.2. The number of nitrogens with zero attached hydrogens (tertiary/aromatic N) is 1. The van der Waals surface area contributed by atoms with E-state index >= 15 is 0 Å². The van der Waals surface area contributed by atoms with Crippen LogP contribution < -0.4 is 51.4 Å². The van der Waals surface area contributed by atoms with Gasteiger partial charge in [0.2, 0.25) is 0 Å². The van der Waals surface area contributed by atoms with E-state index in [9.17, 15) is 23.1 Å². The van der Waals surface area contributed by atoms with Crippen molar-refractivity contribution in [2.24, 2.45) is 0 Å². The molecule has 16 heavy (non-hydrogen) atoms. The second-order valence-corrected chi connectivity index (χ2v) is 2.84. The number of halogens is 3. The topological polar surface area (TPSA) is 43.1 Å². The second kappa shape index (κ2) is 6.55. The molecule has 1 rings (SSSR count). The van der Waals surface area contributed by atoms with Gasteiger partial charge in [0.05, 0.1) is 4.92 Å². The van der Waals surface area contributed by atoms with Crippen LogP contribution in [0, 0.1) is 10.1 Å². The summed E-state index contributed by atoms with van der Waals surface area (Å²) >= 11 is 0.